The third-order valence-corrected chi connectivity index (χ3v) is 8.76. The monoisotopic (exact) mass is 567 g/mol. The maximum atomic E-state index is 13.7. The highest BCUT2D eigenvalue weighted by Gasteiger charge is 2.27. The van der Waals surface area contributed by atoms with Crippen LogP contribution >= 0.6 is 11.6 Å². The number of anilines is 1. The van der Waals surface area contributed by atoms with Crippen molar-refractivity contribution in [3.05, 3.63) is 143 Å². The maximum absolute atomic E-state index is 13.7. The van der Waals surface area contributed by atoms with Crippen molar-refractivity contribution in [1.82, 2.24) is 5.43 Å². The molecule has 5 aromatic carbocycles. The van der Waals surface area contributed by atoms with Gasteiger partial charge in [0.1, 0.15) is 0 Å². The first-order valence-corrected chi connectivity index (χ1v) is 14.4. The van der Waals surface area contributed by atoms with Crippen molar-refractivity contribution >= 4 is 50.2 Å². The average Bonchev–Trinajstić information content (AvgIpc) is 2.98. The Hall–Kier alpha value is -4.46. The Morgan fingerprint density at radius 1 is 0.850 bits per heavy atom. The Kier molecular flexibility index (Phi) is 7.96. The number of nitrogens with zero attached hydrogens (tertiary/aromatic N) is 2. The quantitative estimate of drug-likeness (QED) is 0.163. The fraction of sp³-hybridized carbons (Fsp3) is 0.0625. The Balaban J connectivity index is 1.36. The fourth-order valence-electron chi connectivity index (χ4n) is 4.40. The number of hydrogen-bond acceptors (Lipinski definition) is 4. The van der Waals surface area contributed by atoms with Gasteiger partial charge in [0.15, 0.2) is 0 Å². The molecule has 0 unspecified atom stereocenters. The highest BCUT2D eigenvalue weighted by Crippen LogP contribution is 2.32. The van der Waals surface area contributed by atoms with E-state index in [4.69, 9.17) is 11.6 Å². The van der Waals surface area contributed by atoms with E-state index in [0.717, 1.165) is 16.3 Å². The summed E-state index contributed by atoms with van der Waals surface area (Å²) in [6, 6.07) is 34.1. The van der Waals surface area contributed by atoms with Crippen LogP contribution in [0.5, 0.6) is 0 Å². The number of carbonyl (C=O) groups is 1. The molecular weight excluding hydrogens is 542 g/mol. The molecule has 5 aromatic rings. The molecular formula is C32H26ClN3O3S. The first kappa shape index (κ1) is 27.1. The van der Waals surface area contributed by atoms with Crippen LogP contribution in [0.3, 0.4) is 0 Å². The molecule has 0 aliphatic rings. The van der Waals surface area contributed by atoms with Crippen molar-refractivity contribution in [3.63, 3.8) is 0 Å². The van der Waals surface area contributed by atoms with Gasteiger partial charge < -0.3 is 0 Å². The molecule has 0 saturated carbocycles. The summed E-state index contributed by atoms with van der Waals surface area (Å²) in [5.74, 6) is -0.373. The number of halogens is 1. The molecule has 0 aliphatic carbocycles. The summed E-state index contributed by atoms with van der Waals surface area (Å²) in [5, 5.41) is 6.74. The number of hydrogen-bond donors (Lipinski definition) is 1. The summed E-state index contributed by atoms with van der Waals surface area (Å²) < 4.78 is 28.7. The highest BCUT2D eigenvalue weighted by atomic mass is 35.5. The molecule has 40 heavy (non-hydrogen) atoms. The summed E-state index contributed by atoms with van der Waals surface area (Å²) in [4.78, 5) is 12.9. The Bertz CT molecular complexity index is 1800. The molecule has 1 N–H and O–H groups in total. The number of hydrazone groups is 1. The van der Waals surface area contributed by atoms with Gasteiger partial charge in [0.25, 0.3) is 15.9 Å². The number of amides is 1. The summed E-state index contributed by atoms with van der Waals surface area (Å²) in [5.41, 5.74) is 5.71. The fourth-order valence-corrected chi connectivity index (χ4v) is 6.10. The minimum atomic E-state index is -3.90. The SMILES string of the molecule is Cc1c(Cl)cccc1N(Cc1ccc(C(=O)N/N=C\c2cccc3ccccc23)cc1)S(=O)(=O)c1ccccc1. The molecule has 0 aromatic heterocycles. The normalized spacial score (nSPS) is 11.6. The summed E-state index contributed by atoms with van der Waals surface area (Å²) >= 11 is 6.34. The molecule has 0 saturated heterocycles. The molecule has 0 radical (unpaired) electrons. The number of nitrogens with one attached hydrogen (secondary N) is 1. The zero-order chi connectivity index (χ0) is 28.1. The first-order chi connectivity index (χ1) is 19.3. The van der Waals surface area contributed by atoms with Crippen LogP contribution in [0.4, 0.5) is 5.69 Å². The standard InChI is InChI=1S/C32H26ClN3O3S/c1-23-30(33)15-8-16-31(23)36(40(38,39)28-12-3-2-4-13-28)22-24-17-19-26(20-18-24)32(37)35-34-21-27-11-7-10-25-9-5-6-14-29(25)27/h2-21H,22H2,1H3,(H,35,37)/b34-21-. The molecule has 200 valence electrons. The second-order valence-electron chi connectivity index (χ2n) is 9.17. The van der Waals surface area contributed by atoms with Gasteiger partial charge in [-0.05, 0) is 65.2 Å². The topological polar surface area (TPSA) is 78.8 Å². The number of fused-ring (bicyclic) bond motifs is 1. The van der Waals surface area contributed by atoms with Crippen molar-refractivity contribution in [2.24, 2.45) is 5.10 Å². The molecule has 8 heteroatoms. The minimum absolute atomic E-state index is 0.0551. The van der Waals surface area contributed by atoms with Crippen molar-refractivity contribution in [1.29, 1.82) is 0 Å². The Labute approximate surface area is 238 Å². The van der Waals surface area contributed by atoms with E-state index in [1.807, 2.05) is 42.5 Å². The molecule has 6 nitrogen and oxygen atoms in total. The van der Waals surface area contributed by atoms with Crippen LogP contribution in [0.15, 0.2) is 125 Å². The van der Waals surface area contributed by atoms with Crippen molar-refractivity contribution in [2.75, 3.05) is 4.31 Å². The summed E-state index contributed by atoms with van der Waals surface area (Å²) in [7, 11) is -3.90. The minimum Gasteiger partial charge on any atom is -0.267 e. The average molecular weight is 568 g/mol. The van der Waals surface area contributed by atoms with Gasteiger partial charge in [-0.25, -0.2) is 13.8 Å². The van der Waals surface area contributed by atoms with Gasteiger partial charge in [0.2, 0.25) is 0 Å². The Morgan fingerprint density at radius 2 is 1.52 bits per heavy atom. The van der Waals surface area contributed by atoms with Gasteiger partial charge in [-0.15, -0.1) is 0 Å². The van der Waals surface area contributed by atoms with Crippen LogP contribution in [0, 0.1) is 6.92 Å². The molecule has 0 spiro atoms. The molecule has 5 rings (SSSR count). The molecule has 0 heterocycles. The van der Waals surface area contributed by atoms with Crippen LogP contribution in [0.25, 0.3) is 10.8 Å². The second kappa shape index (κ2) is 11.7. The van der Waals surface area contributed by atoms with E-state index in [1.54, 1.807) is 85.9 Å². The third kappa shape index (κ3) is 5.76. The lowest BCUT2D eigenvalue weighted by Crippen LogP contribution is -2.31. The molecule has 0 aliphatic heterocycles. The van der Waals surface area contributed by atoms with Gasteiger partial charge in [0.05, 0.1) is 23.3 Å². The van der Waals surface area contributed by atoms with Gasteiger partial charge in [-0.3, -0.25) is 9.10 Å². The van der Waals surface area contributed by atoms with E-state index in [2.05, 4.69) is 10.5 Å². The van der Waals surface area contributed by atoms with Crippen LogP contribution in [-0.2, 0) is 16.6 Å². The number of benzene rings is 5. The van der Waals surface area contributed by atoms with E-state index in [9.17, 15) is 13.2 Å². The Morgan fingerprint density at radius 3 is 2.30 bits per heavy atom. The smallest absolute Gasteiger partial charge is 0.267 e. The van der Waals surface area contributed by atoms with Gasteiger partial charge in [-0.1, -0.05) is 90.5 Å². The van der Waals surface area contributed by atoms with Gasteiger partial charge in [-0.2, -0.15) is 5.10 Å². The first-order valence-electron chi connectivity index (χ1n) is 12.6. The van der Waals surface area contributed by atoms with Crippen LogP contribution < -0.4 is 9.73 Å². The predicted octanol–water partition coefficient (Wildman–Crippen LogP) is 6.96. The molecule has 0 fully saturated rings. The van der Waals surface area contributed by atoms with E-state index < -0.39 is 10.0 Å². The maximum Gasteiger partial charge on any atom is 0.271 e. The zero-order valence-electron chi connectivity index (χ0n) is 21.7. The van der Waals surface area contributed by atoms with E-state index >= 15 is 0 Å². The zero-order valence-corrected chi connectivity index (χ0v) is 23.2. The molecule has 0 atom stereocenters. The van der Waals surface area contributed by atoms with E-state index in [-0.39, 0.29) is 17.3 Å². The van der Waals surface area contributed by atoms with Gasteiger partial charge >= 0.3 is 0 Å². The number of carbonyl (C=O) groups excluding carboxylic acids is 1. The van der Waals surface area contributed by atoms with Crippen LogP contribution in [0.1, 0.15) is 27.0 Å². The van der Waals surface area contributed by atoms with E-state index in [1.165, 1.54) is 4.31 Å². The third-order valence-electron chi connectivity index (χ3n) is 6.57. The van der Waals surface area contributed by atoms with Crippen LogP contribution in [-0.4, -0.2) is 20.5 Å². The summed E-state index contributed by atoms with van der Waals surface area (Å²) in [6.07, 6.45) is 1.62. The van der Waals surface area contributed by atoms with Crippen molar-refractivity contribution in [3.8, 4) is 0 Å². The van der Waals surface area contributed by atoms with Crippen molar-refractivity contribution < 1.29 is 13.2 Å². The van der Waals surface area contributed by atoms with Crippen molar-refractivity contribution in [2.45, 2.75) is 18.4 Å². The summed E-state index contributed by atoms with van der Waals surface area (Å²) in [6.45, 7) is 1.84. The highest BCUT2D eigenvalue weighted by molar-refractivity contribution is 7.92. The molecule has 0 bridgehead atoms. The largest absolute Gasteiger partial charge is 0.271 e. The number of rotatable bonds is 8. The second-order valence-corrected chi connectivity index (χ2v) is 11.4. The predicted molar refractivity (Wildman–Crippen MR) is 161 cm³/mol. The van der Waals surface area contributed by atoms with Gasteiger partial charge in [0, 0.05) is 16.1 Å². The lowest BCUT2D eigenvalue weighted by atomic mass is 10.1. The lowest BCUT2D eigenvalue weighted by molar-refractivity contribution is 0.0955. The molecule has 1 amide bonds. The van der Waals surface area contributed by atoms with E-state index in [0.29, 0.717) is 27.4 Å². The lowest BCUT2D eigenvalue weighted by Gasteiger charge is -2.26. The van der Waals surface area contributed by atoms with Crippen LogP contribution in [0.2, 0.25) is 5.02 Å². The number of sulfonamides is 1.